The zero-order valence-electron chi connectivity index (χ0n) is 9.97. The molecule has 1 aromatic rings. The Morgan fingerprint density at radius 1 is 1.47 bits per heavy atom. The average molecular weight is 255 g/mol. The highest BCUT2D eigenvalue weighted by atomic mass is 32.2. The minimum absolute atomic E-state index is 0.0436. The Bertz CT molecular complexity index is 523. The van der Waals surface area contributed by atoms with Crippen LogP contribution in [0.5, 0.6) is 0 Å². The van der Waals surface area contributed by atoms with E-state index in [1.165, 1.54) is 0 Å². The average Bonchev–Trinajstić information content (AvgIpc) is 2.27. The molecule has 0 spiro atoms. The van der Waals surface area contributed by atoms with Crippen molar-refractivity contribution in [3.8, 4) is 0 Å². The number of benzene rings is 1. The van der Waals surface area contributed by atoms with Crippen LogP contribution < -0.4 is 5.32 Å². The van der Waals surface area contributed by atoms with Crippen LogP contribution in [0, 0.1) is 0 Å². The van der Waals surface area contributed by atoms with E-state index in [1.54, 1.807) is 12.1 Å². The number of rotatable bonds is 2. The van der Waals surface area contributed by atoms with Crippen molar-refractivity contribution < 1.29 is 13.5 Å². The van der Waals surface area contributed by atoms with E-state index in [4.69, 9.17) is 5.11 Å². The third-order valence-corrected chi connectivity index (χ3v) is 4.86. The van der Waals surface area contributed by atoms with Gasteiger partial charge in [-0.3, -0.25) is 0 Å². The lowest BCUT2D eigenvalue weighted by atomic mass is 10.0. The maximum absolute atomic E-state index is 12.1. The number of fused-ring (bicyclic) bond motifs is 1. The number of hydrogen-bond donors (Lipinski definition) is 2. The van der Waals surface area contributed by atoms with Gasteiger partial charge in [-0.1, -0.05) is 26.0 Å². The van der Waals surface area contributed by atoms with Crippen molar-refractivity contribution in [2.24, 2.45) is 0 Å². The van der Waals surface area contributed by atoms with Crippen molar-refractivity contribution in [2.75, 3.05) is 17.7 Å². The first kappa shape index (κ1) is 12.4. The maximum Gasteiger partial charge on any atom is 0.182 e. The first-order chi connectivity index (χ1) is 7.95. The fourth-order valence-electron chi connectivity index (χ4n) is 2.14. The topological polar surface area (TPSA) is 66.4 Å². The van der Waals surface area contributed by atoms with Gasteiger partial charge in [-0.25, -0.2) is 8.42 Å². The van der Waals surface area contributed by atoms with E-state index in [2.05, 4.69) is 5.32 Å². The summed E-state index contributed by atoms with van der Waals surface area (Å²) in [5.41, 5.74) is 1.64. The van der Waals surface area contributed by atoms with Gasteiger partial charge in [0, 0.05) is 0 Å². The van der Waals surface area contributed by atoms with Gasteiger partial charge in [0.2, 0.25) is 0 Å². The second-order valence-corrected chi connectivity index (χ2v) is 6.68. The number of nitrogens with one attached hydrogen (secondary N) is 1. The minimum Gasteiger partial charge on any atom is -0.394 e. The standard InChI is InChI=1S/C12H17NO3S/c1-8(2)10-4-3-5-11-12(10)13-9(6-14)7-17(11,15)16/h3-5,8-9,13-14H,6-7H2,1-2H3. The molecule has 1 heterocycles. The molecule has 0 amide bonds. The van der Waals surface area contributed by atoms with Gasteiger partial charge in [0.25, 0.3) is 0 Å². The van der Waals surface area contributed by atoms with Gasteiger partial charge in [0.05, 0.1) is 29.0 Å². The summed E-state index contributed by atoms with van der Waals surface area (Å²) >= 11 is 0. The van der Waals surface area contributed by atoms with Gasteiger partial charge in [0.15, 0.2) is 9.84 Å². The molecule has 1 aliphatic rings. The molecule has 4 nitrogen and oxygen atoms in total. The number of anilines is 1. The zero-order chi connectivity index (χ0) is 12.6. The van der Waals surface area contributed by atoms with Gasteiger partial charge < -0.3 is 10.4 Å². The molecule has 2 N–H and O–H groups in total. The van der Waals surface area contributed by atoms with Crippen molar-refractivity contribution in [3.63, 3.8) is 0 Å². The molecule has 0 aliphatic carbocycles. The molecule has 0 radical (unpaired) electrons. The molecule has 0 bridgehead atoms. The Kier molecular flexibility index (Phi) is 3.14. The van der Waals surface area contributed by atoms with Crippen LogP contribution in [-0.4, -0.2) is 31.9 Å². The van der Waals surface area contributed by atoms with Gasteiger partial charge in [-0.05, 0) is 17.5 Å². The highest BCUT2D eigenvalue weighted by Gasteiger charge is 2.31. The summed E-state index contributed by atoms with van der Waals surface area (Å²) in [6.07, 6.45) is 0. The molecule has 0 fully saturated rings. The highest BCUT2D eigenvalue weighted by Crippen LogP contribution is 2.35. The summed E-state index contributed by atoms with van der Waals surface area (Å²) in [5.74, 6) is 0.197. The lowest BCUT2D eigenvalue weighted by molar-refractivity contribution is 0.281. The van der Waals surface area contributed by atoms with Crippen LogP contribution in [0.4, 0.5) is 5.69 Å². The quantitative estimate of drug-likeness (QED) is 0.837. The van der Waals surface area contributed by atoms with Gasteiger partial charge in [-0.15, -0.1) is 0 Å². The van der Waals surface area contributed by atoms with Crippen LogP contribution in [0.1, 0.15) is 25.3 Å². The van der Waals surface area contributed by atoms with Crippen molar-refractivity contribution in [2.45, 2.75) is 30.7 Å². The molecule has 1 atom stereocenters. The lowest BCUT2D eigenvalue weighted by Crippen LogP contribution is -2.37. The van der Waals surface area contributed by atoms with Crippen LogP contribution in [-0.2, 0) is 9.84 Å². The number of sulfone groups is 1. The van der Waals surface area contributed by atoms with Crippen LogP contribution in [0.25, 0.3) is 0 Å². The molecule has 1 unspecified atom stereocenters. The zero-order valence-corrected chi connectivity index (χ0v) is 10.8. The van der Waals surface area contributed by atoms with E-state index >= 15 is 0 Å². The Labute approximate surface area is 102 Å². The Hall–Kier alpha value is -1.07. The van der Waals surface area contributed by atoms with E-state index in [9.17, 15) is 8.42 Å². The third kappa shape index (κ3) is 2.17. The minimum atomic E-state index is -3.28. The summed E-state index contributed by atoms with van der Waals surface area (Å²) in [5, 5.41) is 12.3. The molecular weight excluding hydrogens is 238 g/mol. The molecule has 17 heavy (non-hydrogen) atoms. The number of hydrogen-bond acceptors (Lipinski definition) is 4. The smallest absolute Gasteiger partial charge is 0.182 e. The molecular formula is C12H17NO3S. The first-order valence-corrected chi connectivity index (χ1v) is 7.34. The second-order valence-electron chi connectivity index (χ2n) is 4.68. The normalized spacial score (nSPS) is 22.0. The van der Waals surface area contributed by atoms with Crippen molar-refractivity contribution >= 4 is 15.5 Å². The first-order valence-electron chi connectivity index (χ1n) is 5.68. The molecule has 94 valence electrons. The third-order valence-electron chi connectivity index (χ3n) is 3.00. The molecule has 5 heteroatoms. The highest BCUT2D eigenvalue weighted by molar-refractivity contribution is 7.91. The number of aliphatic hydroxyl groups is 1. The van der Waals surface area contributed by atoms with Crippen molar-refractivity contribution in [1.82, 2.24) is 0 Å². The van der Waals surface area contributed by atoms with E-state index in [-0.39, 0.29) is 18.3 Å². The van der Waals surface area contributed by atoms with Gasteiger partial charge >= 0.3 is 0 Å². The molecule has 1 aromatic carbocycles. The Morgan fingerprint density at radius 3 is 2.76 bits per heavy atom. The summed E-state index contributed by atoms with van der Waals surface area (Å²) in [6.45, 7) is 3.87. The van der Waals surface area contributed by atoms with Gasteiger partial charge in [0.1, 0.15) is 0 Å². The van der Waals surface area contributed by atoms with E-state index in [0.29, 0.717) is 10.6 Å². The summed E-state index contributed by atoms with van der Waals surface area (Å²) in [6, 6.07) is 4.91. The maximum atomic E-state index is 12.1. The largest absolute Gasteiger partial charge is 0.394 e. The van der Waals surface area contributed by atoms with E-state index < -0.39 is 15.9 Å². The van der Waals surface area contributed by atoms with Crippen LogP contribution in [0.3, 0.4) is 0 Å². The predicted molar refractivity (Wildman–Crippen MR) is 67.1 cm³/mol. The van der Waals surface area contributed by atoms with Crippen LogP contribution in [0.15, 0.2) is 23.1 Å². The van der Waals surface area contributed by atoms with E-state index in [0.717, 1.165) is 5.56 Å². The molecule has 0 aromatic heterocycles. The summed E-state index contributed by atoms with van der Waals surface area (Å²) in [4.78, 5) is 0.355. The summed E-state index contributed by atoms with van der Waals surface area (Å²) in [7, 11) is -3.28. The fourth-order valence-corrected chi connectivity index (χ4v) is 3.81. The monoisotopic (exact) mass is 255 g/mol. The lowest BCUT2D eigenvalue weighted by Gasteiger charge is -2.28. The van der Waals surface area contributed by atoms with Crippen molar-refractivity contribution in [1.29, 1.82) is 0 Å². The van der Waals surface area contributed by atoms with E-state index in [1.807, 2.05) is 19.9 Å². The molecule has 2 rings (SSSR count). The number of aliphatic hydroxyl groups excluding tert-OH is 1. The molecule has 0 saturated heterocycles. The number of para-hydroxylation sites is 1. The predicted octanol–water partition coefficient (Wildman–Crippen LogP) is 1.37. The van der Waals surface area contributed by atoms with Gasteiger partial charge in [-0.2, -0.15) is 0 Å². The molecule has 0 saturated carbocycles. The summed E-state index contributed by atoms with van der Waals surface area (Å²) < 4.78 is 24.1. The molecule has 1 aliphatic heterocycles. The van der Waals surface area contributed by atoms with Crippen LogP contribution in [0.2, 0.25) is 0 Å². The fraction of sp³-hybridized carbons (Fsp3) is 0.500. The van der Waals surface area contributed by atoms with Crippen molar-refractivity contribution in [3.05, 3.63) is 23.8 Å². The SMILES string of the molecule is CC(C)c1cccc2c1NC(CO)CS2(=O)=O. The van der Waals surface area contributed by atoms with Crippen LogP contribution >= 0.6 is 0 Å². The Morgan fingerprint density at radius 2 is 2.18 bits per heavy atom. The Balaban J connectivity index is 2.61. The second kappa shape index (κ2) is 4.31.